The normalized spacial score (nSPS) is 11.2. The molecule has 3 N–H and O–H groups in total. The second-order valence-corrected chi connectivity index (χ2v) is 12.5. The van der Waals surface area contributed by atoms with Gasteiger partial charge in [-0.05, 0) is 59.5 Å². The summed E-state index contributed by atoms with van der Waals surface area (Å²) in [5.41, 5.74) is 2.13. The van der Waals surface area contributed by atoms with Crippen molar-refractivity contribution in [2.24, 2.45) is 0 Å². The first-order valence-corrected chi connectivity index (χ1v) is 16.2. The van der Waals surface area contributed by atoms with Crippen LogP contribution in [0.1, 0.15) is 15.9 Å². The Labute approximate surface area is 270 Å². The molecule has 12 heteroatoms. The van der Waals surface area contributed by atoms with Crippen molar-refractivity contribution in [1.82, 2.24) is 10.3 Å². The van der Waals surface area contributed by atoms with Crippen molar-refractivity contribution in [3.63, 3.8) is 0 Å². The number of thioether (sulfide) groups is 1. The lowest BCUT2D eigenvalue weighted by Crippen LogP contribution is -2.30. The van der Waals surface area contributed by atoms with Crippen molar-refractivity contribution >= 4 is 92.3 Å². The van der Waals surface area contributed by atoms with E-state index in [1.54, 1.807) is 78.1 Å². The number of hydrogen-bond acceptors (Lipinski definition) is 7. The molecule has 0 bridgehead atoms. The Morgan fingerprint density at radius 1 is 0.884 bits per heavy atom. The molecular weight excluding hydrogens is 643 g/mol. The minimum absolute atomic E-state index is 0.0270. The Hall–Kier alpha value is -3.93. The van der Waals surface area contributed by atoms with Crippen LogP contribution in [0.5, 0.6) is 0 Å². The second kappa shape index (κ2) is 14.5. The number of anilines is 2. The van der Waals surface area contributed by atoms with Gasteiger partial charge in [0, 0.05) is 21.5 Å². The van der Waals surface area contributed by atoms with Crippen LogP contribution >= 0.6 is 57.6 Å². The highest BCUT2D eigenvalue weighted by Crippen LogP contribution is 2.29. The van der Waals surface area contributed by atoms with Gasteiger partial charge in [-0.3, -0.25) is 14.4 Å². The third-order valence-corrected chi connectivity index (χ3v) is 9.27. The summed E-state index contributed by atoms with van der Waals surface area (Å²) in [6.45, 7) is 0. The Kier molecular flexibility index (Phi) is 10.3. The molecule has 5 aromatic rings. The molecule has 0 fully saturated rings. The minimum Gasteiger partial charge on any atom is -0.321 e. The number of carbonyl (C=O) groups is 3. The summed E-state index contributed by atoms with van der Waals surface area (Å²) in [5.74, 6) is -1.07. The lowest BCUT2D eigenvalue weighted by Gasteiger charge is -2.13. The second-order valence-electron chi connectivity index (χ2n) is 8.86. The Morgan fingerprint density at radius 2 is 1.70 bits per heavy atom. The lowest BCUT2D eigenvalue weighted by molar-refractivity contribution is -0.114. The van der Waals surface area contributed by atoms with Gasteiger partial charge in [-0.2, -0.15) is 0 Å². The third kappa shape index (κ3) is 8.34. The zero-order valence-electron chi connectivity index (χ0n) is 22.2. The topological polar surface area (TPSA) is 100 Å². The number of rotatable bonds is 10. The molecule has 2 aromatic heterocycles. The zero-order chi connectivity index (χ0) is 30.2. The molecule has 0 aliphatic heterocycles. The first kappa shape index (κ1) is 30.5. The SMILES string of the molecule is O=C(CSc1cccc(NC(=O)/C(=C\c2cccc(Cl)c2Cl)NC(=O)c2ccccc2)c1)Nc1nc(-c2cccs2)cs1. The number of amides is 3. The lowest BCUT2D eigenvalue weighted by atomic mass is 10.1. The van der Waals surface area contributed by atoms with Crippen LogP contribution in [-0.4, -0.2) is 28.5 Å². The number of carbonyl (C=O) groups excluding carboxylic acids is 3. The first-order valence-electron chi connectivity index (χ1n) is 12.7. The van der Waals surface area contributed by atoms with Gasteiger partial charge in [0.25, 0.3) is 11.8 Å². The number of hydrogen-bond donors (Lipinski definition) is 3. The van der Waals surface area contributed by atoms with Gasteiger partial charge in [-0.1, -0.05) is 65.7 Å². The van der Waals surface area contributed by atoms with Crippen LogP contribution < -0.4 is 16.0 Å². The Balaban J connectivity index is 1.25. The minimum atomic E-state index is -0.564. The smallest absolute Gasteiger partial charge is 0.272 e. The average Bonchev–Trinajstić information content (AvgIpc) is 3.71. The number of thiophene rings is 1. The van der Waals surface area contributed by atoms with Gasteiger partial charge < -0.3 is 16.0 Å². The summed E-state index contributed by atoms with van der Waals surface area (Å²) in [5, 5.41) is 13.3. The number of nitrogens with one attached hydrogen (secondary N) is 3. The van der Waals surface area contributed by atoms with Gasteiger partial charge in [0.2, 0.25) is 5.91 Å². The molecule has 0 saturated carbocycles. The van der Waals surface area contributed by atoms with Crippen LogP contribution in [0, 0.1) is 0 Å². The third-order valence-electron chi connectivity index (χ3n) is 5.80. The standard InChI is InChI=1S/C31H22Cl2N4O3S3/c32-23-12-4-9-20(28(23)33)15-24(35-29(39)19-7-2-1-3-8-19)30(40)34-21-10-5-11-22(16-21)42-18-27(38)37-31-36-25(17-43-31)26-13-6-14-41-26/h1-17H,18H2,(H,34,40)(H,35,39)(H,36,37,38)/b24-15+. The number of halogens is 2. The van der Waals surface area contributed by atoms with E-state index in [0.29, 0.717) is 27.0 Å². The van der Waals surface area contributed by atoms with E-state index >= 15 is 0 Å². The van der Waals surface area contributed by atoms with Gasteiger partial charge >= 0.3 is 0 Å². The predicted octanol–water partition coefficient (Wildman–Crippen LogP) is 8.32. The summed E-state index contributed by atoms with van der Waals surface area (Å²) < 4.78 is 0. The summed E-state index contributed by atoms with van der Waals surface area (Å²) in [7, 11) is 0. The molecule has 0 aliphatic carbocycles. The van der Waals surface area contributed by atoms with Crippen LogP contribution in [0.15, 0.2) is 106 Å². The van der Waals surface area contributed by atoms with Crippen molar-refractivity contribution < 1.29 is 14.4 Å². The van der Waals surface area contributed by atoms with Gasteiger partial charge in [0.05, 0.1) is 26.4 Å². The molecule has 0 radical (unpaired) electrons. The number of thiazole rings is 1. The summed E-state index contributed by atoms with van der Waals surface area (Å²) in [6.07, 6.45) is 1.47. The summed E-state index contributed by atoms with van der Waals surface area (Å²) in [6, 6.07) is 24.6. The summed E-state index contributed by atoms with van der Waals surface area (Å²) in [4.78, 5) is 45.2. The van der Waals surface area contributed by atoms with Gasteiger partial charge in [-0.15, -0.1) is 34.4 Å². The molecule has 43 heavy (non-hydrogen) atoms. The van der Waals surface area contributed by atoms with Gasteiger partial charge in [-0.25, -0.2) is 4.98 Å². The van der Waals surface area contributed by atoms with E-state index in [9.17, 15) is 14.4 Å². The maximum absolute atomic E-state index is 13.4. The fourth-order valence-corrected chi connectivity index (χ4v) is 6.37. The molecule has 3 amide bonds. The number of benzene rings is 3. The molecule has 3 aromatic carbocycles. The highest BCUT2D eigenvalue weighted by atomic mass is 35.5. The molecule has 0 spiro atoms. The number of nitrogens with zero attached hydrogens (tertiary/aromatic N) is 1. The predicted molar refractivity (Wildman–Crippen MR) is 178 cm³/mol. The van der Waals surface area contributed by atoms with E-state index in [1.165, 1.54) is 29.2 Å². The van der Waals surface area contributed by atoms with Crippen molar-refractivity contribution in [3.8, 4) is 10.6 Å². The molecule has 0 saturated heterocycles. The van der Waals surface area contributed by atoms with Gasteiger partial charge in [0.15, 0.2) is 5.13 Å². The highest BCUT2D eigenvalue weighted by Gasteiger charge is 2.17. The largest absolute Gasteiger partial charge is 0.321 e. The number of aromatic nitrogens is 1. The highest BCUT2D eigenvalue weighted by molar-refractivity contribution is 8.00. The maximum Gasteiger partial charge on any atom is 0.272 e. The summed E-state index contributed by atoms with van der Waals surface area (Å²) >= 11 is 16.8. The van der Waals surface area contributed by atoms with Crippen LogP contribution in [0.25, 0.3) is 16.6 Å². The quantitative estimate of drug-likeness (QED) is 0.103. The van der Waals surface area contributed by atoms with Crippen LogP contribution in [0.2, 0.25) is 10.0 Å². The average molecular weight is 666 g/mol. The van der Waals surface area contributed by atoms with Crippen LogP contribution in [-0.2, 0) is 9.59 Å². The van der Waals surface area contributed by atoms with Crippen molar-refractivity contribution in [3.05, 3.63) is 123 Å². The Bertz CT molecular complexity index is 1790. The maximum atomic E-state index is 13.4. The fourth-order valence-electron chi connectivity index (χ4n) is 3.76. The van der Waals surface area contributed by atoms with Crippen molar-refractivity contribution in [1.29, 1.82) is 0 Å². The molecule has 5 rings (SSSR count). The van der Waals surface area contributed by atoms with E-state index in [0.717, 1.165) is 15.5 Å². The van der Waals surface area contributed by atoms with E-state index in [-0.39, 0.29) is 22.4 Å². The molecule has 0 aliphatic rings. The molecule has 0 unspecified atom stereocenters. The van der Waals surface area contributed by atoms with Gasteiger partial charge in [0.1, 0.15) is 5.70 Å². The van der Waals surface area contributed by atoms with E-state index in [2.05, 4.69) is 20.9 Å². The van der Waals surface area contributed by atoms with Crippen molar-refractivity contribution in [2.45, 2.75) is 4.90 Å². The molecular formula is C31H22Cl2N4O3S3. The van der Waals surface area contributed by atoms with Crippen LogP contribution in [0.4, 0.5) is 10.8 Å². The Morgan fingerprint density at radius 3 is 2.49 bits per heavy atom. The molecule has 0 atom stereocenters. The van der Waals surface area contributed by atoms with Crippen molar-refractivity contribution in [2.75, 3.05) is 16.4 Å². The monoisotopic (exact) mass is 664 g/mol. The van der Waals surface area contributed by atoms with E-state index in [1.807, 2.05) is 29.0 Å². The van der Waals surface area contributed by atoms with E-state index in [4.69, 9.17) is 23.2 Å². The zero-order valence-corrected chi connectivity index (χ0v) is 26.1. The fraction of sp³-hybridized carbons (Fsp3) is 0.0323. The molecule has 7 nitrogen and oxygen atoms in total. The first-order chi connectivity index (χ1) is 20.9. The molecule has 216 valence electrons. The molecule has 2 heterocycles. The van der Waals surface area contributed by atoms with E-state index < -0.39 is 11.8 Å². The van der Waals surface area contributed by atoms with Crippen LogP contribution in [0.3, 0.4) is 0 Å².